The first kappa shape index (κ1) is 18.9. The van der Waals surface area contributed by atoms with Gasteiger partial charge >= 0.3 is 0 Å². The Hall–Kier alpha value is -3.15. The number of ether oxygens (including phenoxy) is 1. The van der Waals surface area contributed by atoms with Gasteiger partial charge in [0.2, 0.25) is 17.6 Å². The Labute approximate surface area is 175 Å². The van der Waals surface area contributed by atoms with E-state index >= 15 is 0 Å². The highest BCUT2D eigenvalue weighted by molar-refractivity contribution is 5.91. The van der Waals surface area contributed by atoms with E-state index in [4.69, 9.17) is 9.26 Å². The highest BCUT2D eigenvalue weighted by Gasteiger charge is 2.55. The summed E-state index contributed by atoms with van der Waals surface area (Å²) in [5, 5.41) is 4.17. The number of amides is 1. The van der Waals surface area contributed by atoms with Crippen LogP contribution >= 0.6 is 0 Å². The standard InChI is InChI=1S/C24H25N3O3/c1-16-5-7-17(8-6-16)21-25-22(30-26-21)20-4-3-15-27(20)23(28)24(13-14-24)18-9-11-19(29-2)12-10-18/h5-12,20H,3-4,13-15H2,1-2H3/t20-/m1/s1. The summed E-state index contributed by atoms with van der Waals surface area (Å²) in [4.78, 5) is 20.2. The SMILES string of the molecule is COc1ccc(C2(C(=O)N3CCC[C@@H]3c3nc(-c4ccc(C)cc4)no3)CC2)cc1. The Bertz CT molecular complexity index is 1050. The van der Waals surface area contributed by atoms with Crippen molar-refractivity contribution in [1.82, 2.24) is 15.0 Å². The molecule has 1 amide bonds. The molecule has 1 aromatic heterocycles. The van der Waals surface area contributed by atoms with Crippen molar-refractivity contribution < 1.29 is 14.1 Å². The molecule has 2 heterocycles. The zero-order chi connectivity index (χ0) is 20.7. The van der Waals surface area contributed by atoms with Gasteiger partial charge in [-0.3, -0.25) is 4.79 Å². The van der Waals surface area contributed by atoms with Gasteiger partial charge in [0.25, 0.3) is 0 Å². The Morgan fingerprint density at radius 3 is 2.53 bits per heavy atom. The van der Waals surface area contributed by atoms with Crippen LogP contribution in [-0.2, 0) is 10.2 Å². The number of benzene rings is 2. The summed E-state index contributed by atoms with van der Waals surface area (Å²) < 4.78 is 10.9. The predicted octanol–water partition coefficient (Wildman–Crippen LogP) is 4.45. The van der Waals surface area contributed by atoms with Crippen molar-refractivity contribution in [3.8, 4) is 17.1 Å². The minimum atomic E-state index is -0.422. The first-order valence-electron chi connectivity index (χ1n) is 10.5. The lowest BCUT2D eigenvalue weighted by atomic mass is 9.94. The summed E-state index contributed by atoms with van der Waals surface area (Å²) in [5.74, 6) is 2.07. The highest BCUT2D eigenvalue weighted by Crippen LogP contribution is 2.51. The molecule has 0 spiro atoms. The summed E-state index contributed by atoms with van der Waals surface area (Å²) >= 11 is 0. The second kappa shape index (κ2) is 7.27. The third kappa shape index (κ3) is 3.16. The summed E-state index contributed by atoms with van der Waals surface area (Å²) in [6.45, 7) is 2.77. The number of carbonyl (C=O) groups is 1. The first-order chi connectivity index (χ1) is 14.6. The fourth-order valence-electron chi connectivity index (χ4n) is 4.39. The lowest BCUT2D eigenvalue weighted by Gasteiger charge is -2.27. The van der Waals surface area contributed by atoms with Gasteiger partial charge in [0.15, 0.2) is 0 Å². The van der Waals surface area contributed by atoms with Gasteiger partial charge in [0.05, 0.1) is 12.5 Å². The Balaban J connectivity index is 1.38. The number of carbonyl (C=O) groups excluding carboxylic acids is 1. The summed E-state index contributed by atoms with van der Waals surface area (Å²) in [5.41, 5.74) is 2.74. The van der Waals surface area contributed by atoms with Gasteiger partial charge in [-0.1, -0.05) is 47.1 Å². The van der Waals surface area contributed by atoms with Crippen LogP contribution in [0, 0.1) is 6.92 Å². The minimum absolute atomic E-state index is 0.153. The smallest absolute Gasteiger partial charge is 0.249 e. The van der Waals surface area contributed by atoms with Crippen LogP contribution in [0.4, 0.5) is 0 Å². The van der Waals surface area contributed by atoms with E-state index in [1.165, 1.54) is 5.56 Å². The molecule has 1 saturated heterocycles. The fourth-order valence-corrected chi connectivity index (χ4v) is 4.39. The number of aryl methyl sites for hydroxylation is 1. The van der Waals surface area contributed by atoms with Crippen LogP contribution in [0.1, 0.15) is 48.7 Å². The number of hydrogen-bond acceptors (Lipinski definition) is 5. The third-order valence-electron chi connectivity index (χ3n) is 6.35. The van der Waals surface area contributed by atoms with Crippen molar-refractivity contribution in [3.63, 3.8) is 0 Å². The molecule has 2 fully saturated rings. The zero-order valence-corrected chi connectivity index (χ0v) is 17.3. The molecule has 154 valence electrons. The van der Waals surface area contributed by atoms with Crippen molar-refractivity contribution >= 4 is 5.91 Å². The molecule has 1 aliphatic heterocycles. The number of rotatable bonds is 5. The van der Waals surface area contributed by atoms with E-state index in [9.17, 15) is 4.79 Å². The van der Waals surface area contributed by atoms with Crippen molar-refractivity contribution in [2.75, 3.05) is 13.7 Å². The molecule has 0 bridgehead atoms. The van der Waals surface area contributed by atoms with E-state index in [0.717, 1.165) is 49.1 Å². The second-order valence-electron chi connectivity index (χ2n) is 8.29. The van der Waals surface area contributed by atoms with Gasteiger partial charge in [-0.15, -0.1) is 0 Å². The lowest BCUT2D eigenvalue weighted by Crippen LogP contribution is -2.39. The quantitative estimate of drug-likeness (QED) is 0.630. The largest absolute Gasteiger partial charge is 0.497 e. The first-order valence-corrected chi connectivity index (χ1v) is 10.5. The van der Waals surface area contributed by atoms with Crippen molar-refractivity contribution in [1.29, 1.82) is 0 Å². The van der Waals surface area contributed by atoms with Gasteiger partial charge in [0, 0.05) is 12.1 Å². The number of methoxy groups -OCH3 is 1. The van der Waals surface area contributed by atoms with Crippen molar-refractivity contribution in [3.05, 3.63) is 65.5 Å². The summed E-state index contributed by atoms with van der Waals surface area (Å²) in [6.07, 6.45) is 3.54. The van der Waals surface area contributed by atoms with E-state index in [2.05, 4.69) is 10.1 Å². The normalized spacial score (nSPS) is 19.7. The average molecular weight is 403 g/mol. The molecule has 2 aliphatic rings. The minimum Gasteiger partial charge on any atom is -0.497 e. The van der Waals surface area contributed by atoms with E-state index in [1.54, 1.807) is 7.11 Å². The average Bonchev–Trinajstić information content (AvgIpc) is 3.20. The maximum atomic E-state index is 13.6. The Kier molecular flexibility index (Phi) is 4.57. The highest BCUT2D eigenvalue weighted by atomic mass is 16.5. The predicted molar refractivity (Wildman–Crippen MR) is 112 cm³/mol. The molecule has 1 saturated carbocycles. The number of hydrogen-bond donors (Lipinski definition) is 0. The molecule has 1 aliphatic carbocycles. The van der Waals surface area contributed by atoms with Crippen LogP contribution in [0.25, 0.3) is 11.4 Å². The lowest BCUT2D eigenvalue weighted by molar-refractivity contribution is -0.135. The molecule has 30 heavy (non-hydrogen) atoms. The van der Waals surface area contributed by atoms with E-state index in [0.29, 0.717) is 11.7 Å². The molecule has 1 atom stereocenters. The van der Waals surface area contributed by atoms with Gasteiger partial charge < -0.3 is 14.2 Å². The topological polar surface area (TPSA) is 68.5 Å². The Morgan fingerprint density at radius 1 is 1.13 bits per heavy atom. The molecule has 0 radical (unpaired) electrons. The number of nitrogens with zero attached hydrogens (tertiary/aromatic N) is 3. The monoisotopic (exact) mass is 403 g/mol. The van der Waals surface area contributed by atoms with Gasteiger partial charge in [-0.25, -0.2) is 0 Å². The molecule has 2 aromatic carbocycles. The molecular weight excluding hydrogens is 378 g/mol. The molecule has 5 rings (SSSR count). The van der Waals surface area contributed by atoms with Crippen LogP contribution in [0.3, 0.4) is 0 Å². The van der Waals surface area contributed by atoms with Crippen LogP contribution in [0.15, 0.2) is 53.1 Å². The van der Waals surface area contributed by atoms with Gasteiger partial charge in [-0.05, 0) is 50.3 Å². The summed E-state index contributed by atoms with van der Waals surface area (Å²) in [6, 6.07) is 15.8. The third-order valence-corrected chi connectivity index (χ3v) is 6.35. The van der Waals surface area contributed by atoms with Crippen LogP contribution in [-0.4, -0.2) is 34.6 Å². The van der Waals surface area contributed by atoms with Crippen molar-refractivity contribution in [2.24, 2.45) is 0 Å². The van der Waals surface area contributed by atoms with E-state index < -0.39 is 5.41 Å². The molecular formula is C24H25N3O3. The number of aromatic nitrogens is 2. The van der Waals surface area contributed by atoms with Gasteiger partial charge in [-0.2, -0.15) is 4.98 Å². The van der Waals surface area contributed by atoms with Crippen LogP contribution in [0.5, 0.6) is 5.75 Å². The fraction of sp³-hybridized carbons (Fsp3) is 0.375. The van der Waals surface area contributed by atoms with E-state index in [1.807, 2.05) is 60.4 Å². The van der Waals surface area contributed by atoms with Gasteiger partial charge in [0.1, 0.15) is 11.8 Å². The molecule has 0 unspecified atom stereocenters. The maximum absolute atomic E-state index is 13.6. The molecule has 3 aromatic rings. The molecule has 6 heteroatoms. The van der Waals surface area contributed by atoms with Crippen LogP contribution in [0.2, 0.25) is 0 Å². The molecule has 6 nitrogen and oxygen atoms in total. The molecule has 0 N–H and O–H groups in total. The number of likely N-dealkylation sites (tertiary alicyclic amines) is 1. The Morgan fingerprint density at radius 2 is 1.87 bits per heavy atom. The summed E-state index contributed by atoms with van der Waals surface area (Å²) in [7, 11) is 1.65. The second-order valence-corrected chi connectivity index (χ2v) is 8.29. The van der Waals surface area contributed by atoms with E-state index in [-0.39, 0.29) is 11.9 Å². The maximum Gasteiger partial charge on any atom is 0.249 e. The zero-order valence-electron chi connectivity index (χ0n) is 17.3. The van der Waals surface area contributed by atoms with Crippen molar-refractivity contribution in [2.45, 2.75) is 44.1 Å². The van der Waals surface area contributed by atoms with Crippen LogP contribution < -0.4 is 4.74 Å².